The number of ether oxygens (including phenoxy) is 1. The van der Waals surface area contributed by atoms with Crippen LogP contribution in [0.5, 0.6) is 5.75 Å². The summed E-state index contributed by atoms with van der Waals surface area (Å²) in [4.78, 5) is -0.116. The lowest BCUT2D eigenvalue weighted by Crippen LogP contribution is -2.31. The molecule has 1 aromatic carbocycles. The molecule has 0 spiro atoms. The number of rotatable bonds is 6. The minimum absolute atomic E-state index is 0.116. The quantitative estimate of drug-likeness (QED) is 0.864. The molecule has 0 aliphatic rings. The number of nitrogens with two attached hydrogens (primary N) is 1. The highest BCUT2D eigenvalue weighted by Gasteiger charge is 2.21. The van der Waals surface area contributed by atoms with Gasteiger partial charge in [-0.2, -0.15) is 13.1 Å². The number of alkyl halides is 2. The maximum atomic E-state index is 12.0. The van der Waals surface area contributed by atoms with E-state index in [0.717, 1.165) is 22.5 Å². The Bertz CT molecular complexity index is 540. The van der Waals surface area contributed by atoms with Crippen LogP contribution in [0.25, 0.3) is 0 Å². The zero-order chi connectivity index (χ0) is 14.6. The highest BCUT2D eigenvalue weighted by atomic mass is 35.5. The SMILES string of the molecule is CN(CCN)S(=O)(=O)c1ccc(OC(F)F)c(Cl)c1. The minimum atomic E-state index is -3.74. The minimum Gasteiger partial charge on any atom is -0.433 e. The second kappa shape index (κ2) is 6.47. The molecule has 0 saturated heterocycles. The molecule has 0 aliphatic heterocycles. The smallest absolute Gasteiger partial charge is 0.387 e. The van der Waals surface area contributed by atoms with Gasteiger partial charge in [-0.3, -0.25) is 0 Å². The third kappa shape index (κ3) is 4.00. The van der Waals surface area contributed by atoms with Crippen molar-refractivity contribution < 1.29 is 21.9 Å². The highest BCUT2D eigenvalue weighted by Crippen LogP contribution is 2.29. The molecule has 0 fully saturated rings. The standard InChI is InChI=1S/C10H13ClF2N2O3S/c1-15(5-4-14)19(16,17)7-2-3-9(8(11)6-7)18-10(12)13/h2-3,6,10H,4-5,14H2,1H3. The van der Waals surface area contributed by atoms with Gasteiger partial charge in [0.2, 0.25) is 10.0 Å². The van der Waals surface area contributed by atoms with Crippen molar-refractivity contribution >= 4 is 21.6 Å². The molecule has 0 radical (unpaired) electrons. The van der Waals surface area contributed by atoms with Gasteiger partial charge in [0.05, 0.1) is 9.92 Å². The Balaban J connectivity index is 3.07. The Morgan fingerprint density at radius 2 is 2.11 bits per heavy atom. The molecule has 0 saturated carbocycles. The van der Waals surface area contributed by atoms with Crippen LogP contribution in [0.3, 0.4) is 0 Å². The maximum absolute atomic E-state index is 12.0. The van der Waals surface area contributed by atoms with E-state index in [2.05, 4.69) is 4.74 Å². The van der Waals surface area contributed by atoms with Gasteiger partial charge >= 0.3 is 6.61 Å². The number of likely N-dealkylation sites (N-methyl/N-ethyl adjacent to an activating group) is 1. The Morgan fingerprint density at radius 1 is 1.47 bits per heavy atom. The first kappa shape index (κ1) is 16.1. The van der Waals surface area contributed by atoms with Crippen molar-refractivity contribution in [1.29, 1.82) is 0 Å². The van der Waals surface area contributed by atoms with Gasteiger partial charge in [0.15, 0.2) is 0 Å². The van der Waals surface area contributed by atoms with Crippen LogP contribution in [0.4, 0.5) is 8.78 Å². The summed E-state index contributed by atoms with van der Waals surface area (Å²) in [6.07, 6.45) is 0. The van der Waals surface area contributed by atoms with Crippen LogP contribution in [-0.2, 0) is 10.0 Å². The van der Waals surface area contributed by atoms with Gasteiger partial charge in [-0.05, 0) is 18.2 Å². The lowest BCUT2D eigenvalue weighted by Gasteiger charge is -2.16. The molecule has 1 aromatic rings. The molecule has 108 valence electrons. The van der Waals surface area contributed by atoms with Gasteiger partial charge in [-0.25, -0.2) is 8.42 Å². The molecule has 0 bridgehead atoms. The van der Waals surface area contributed by atoms with Crippen molar-refractivity contribution in [3.63, 3.8) is 0 Å². The zero-order valence-electron chi connectivity index (χ0n) is 10.0. The average Bonchev–Trinajstić information content (AvgIpc) is 2.31. The Kier molecular flexibility index (Phi) is 5.48. The van der Waals surface area contributed by atoms with Crippen LogP contribution >= 0.6 is 11.6 Å². The summed E-state index contributed by atoms with van der Waals surface area (Å²) in [5, 5.41) is -0.206. The average molecular weight is 315 g/mol. The van der Waals surface area contributed by atoms with Crippen LogP contribution in [-0.4, -0.2) is 39.5 Å². The molecule has 1 rings (SSSR count). The second-order valence-corrected chi connectivity index (χ2v) is 6.04. The number of hydrogen-bond acceptors (Lipinski definition) is 4. The van der Waals surface area contributed by atoms with Gasteiger partial charge in [0, 0.05) is 20.1 Å². The van der Waals surface area contributed by atoms with E-state index >= 15 is 0 Å². The molecule has 9 heteroatoms. The Labute approximate surface area is 114 Å². The molecular formula is C10H13ClF2N2O3S. The zero-order valence-corrected chi connectivity index (χ0v) is 11.6. The molecule has 0 atom stereocenters. The molecule has 19 heavy (non-hydrogen) atoms. The van der Waals surface area contributed by atoms with Crippen molar-refractivity contribution in [3.05, 3.63) is 23.2 Å². The van der Waals surface area contributed by atoms with Crippen molar-refractivity contribution in [2.24, 2.45) is 5.73 Å². The van der Waals surface area contributed by atoms with Crippen molar-refractivity contribution in [2.75, 3.05) is 20.1 Å². The number of benzene rings is 1. The molecule has 0 aromatic heterocycles. The second-order valence-electron chi connectivity index (χ2n) is 3.59. The van der Waals surface area contributed by atoms with Gasteiger partial charge in [0.25, 0.3) is 0 Å². The number of hydrogen-bond donors (Lipinski definition) is 1. The number of sulfonamides is 1. The van der Waals surface area contributed by atoms with Gasteiger partial charge in [0.1, 0.15) is 5.75 Å². The van der Waals surface area contributed by atoms with Gasteiger partial charge in [-0.1, -0.05) is 11.6 Å². The highest BCUT2D eigenvalue weighted by molar-refractivity contribution is 7.89. The molecule has 5 nitrogen and oxygen atoms in total. The van der Waals surface area contributed by atoms with Gasteiger partial charge in [-0.15, -0.1) is 0 Å². The molecule has 0 amide bonds. The lowest BCUT2D eigenvalue weighted by atomic mass is 10.3. The first-order valence-electron chi connectivity index (χ1n) is 5.19. The topological polar surface area (TPSA) is 72.6 Å². The van der Waals surface area contributed by atoms with Crippen LogP contribution < -0.4 is 10.5 Å². The van der Waals surface area contributed by atoms with Crippen molar-refractivity contribution in [3.8, 4) is 5.75 Å². The fraction of sp³-hybridized carbons (Fsp3) is 0.400. The van der Waals surface area contributed by atoms with E-state index in [-0.39, 0.29) is 28.8 Å². The van der Waals surface area contributed by atoms with Crippen LogP contribution in [0.1, 0.15) is 0 Å². The summed E-state index contributed by atoms with van der Waals surface area (Å²) in [7, 11) is -2.38. The van der Waals surface area contributed by atoms with E-state index in [9.17, 15) is 17.2 Å². The Morgan fingerprint density at radius 3 is 2.58 bits per heavy atom. The summed E-state index contributed by atoms with van der Waals surface area (Å²) < 4.78 is 53.3. The predicted molar refractivity (Wildman–Crippen MR) is 67.0 cm³/mol. The van der Waals surface area contributed by atoms with E-state index in [0.29, 0.717) is 0 Å². The molecule has 2 N–H and O–H groups in total. The summed E-state index contributed by atoms with van der Waals surface area (Å²) in [6, 6.07) is 3.28. The summed E-state index contributed by atoms with van der Waals surface area (Å²) in [5.41, 5.74) is 5.28. The third-order valence-corrected chi connectivity index (χ3v) is 4.42. The number of nitrogens with zero attached hydrogens (tertiary/aromatic N) is 1. The molecule has 0 aliphatic carbocycles. The molecular weight excluding hydrogens is 302 g/mol. The maximum Gasteiger partial charge on any atom is 0.387 e. The first-order valence-corrected chi connectivity index (χ1v) is 7.01. The van der Waals surface area contributed by atoms with Crippen LogP contribution in [0.15, 0.2) is 23.1 Å². The largest absolute Gasteiger partial charge is 0.433 e. The summed E-state index contributed by atoms with van der Waals surface area (Å²) in [5.74, 6) is -0.280. The van der Waals surface area contributed by atoms with E-state index in [4.69, 9.17) is 17.3 Å². The Hall–Kier alpha value is -0.960. The van der Waals surface area contributed by atoms with E-state index < -0.39 is 16.6 Å². The fourth-order valence-corrected chi connectivity index (χ4v) is 2.82. The van der Waals surface area contributed by atoms with E-state index in [1.165, 1.54) is 7.05 Å². The fourth-order valence-electron chi connectivity index (χ4n) is 1.32. The summed E-state index contributed by atoms with van der Waals surface area (Å²) in [6.45, 7) is -2.73. The lowest BCUT2D eigenvalue weighted by molar-refractivity contribution is -0.0498. The van der Waals surface area contributed by atoms with Crippen molar-refractivity contribution in [2.45, 2.75) is 11.5 Å². The van der Waals surface area contributed by atoms with E-state index in [1.807, 2.05) is 0 Å². The van der Waals surface area contributed by atoms with Crippen LogP contribution in [0.2, 0.25) is 5.02 Å². The molecule has 0 unspecified atom stereocenters. The van der Waals surface area contributed by atoms with Gasteiger partial charge < -0.3 is 10.5 Å². The molecule has 0 heterocycles. The number of halogens is 3. The summed E-state index contributed by atoms with van der Waals surface area (Å²) >= 11 is 5.70. The predicted octanol–water partition coefficient (Wildman–Crippen LogP) is 1.52. The van der Waals surface area contributed by atoms with Crippen LogP contribution in [0, 0.1) is 0 Å². The first-order chi connectivity index (χ1) is 8.78. The van der Waals surface area contributed by atoms with Crippen molar-refractivity contribution in [1.82, 2.24) is 4.31 Å². The van der Waals surface area contributed by atoms with E-state index in [1.54, 1.807) is 0 Å². The third-order valence-electron chi connectivity index (χ3n) is 2.27. The monoisotopic (exact) mass is 314 g/mol. The normalized spacial score (nSPS) is 12.2.